The molecule has 0 radical (unpaired) electrons. The molecule has 2 rings (SSSR count). The number of nitrogens with one attached hydrogen (secondary N) is 1. The summed E-state index contributed by atoms with van der Waals surface area (Å²) >= 11 is 0. The molecule has 0 amide bonds. The standard InChI is InChI=1S/C15H26N2O3S/c1-10(2)17-8-12(7-11(17)9-18)21(19,20)16-13-14(3,4)15(13,5)6/h7-8,10,13,16,18H,9H2,1-6H3. The average molecular weight is 314 g/mol. The molecule has 1 aromatic heterocycles. The van der Waals surface area contributed by atoms with Crippen LogP contribution in [0.25, 0.3) is 0 Å². The van der Waals surface area contributed by atoms with Crippen LogP contribution in [0.5, 0.6) is 0 Å². The molecule has 2 N–H and O–H groups in total. The minimum atomic E-state index is -3.57. The Hall–Kier alpha value is -0.850. The van der Waals surface area contributed by atoms with E-state index in [-0.39, 0.29) is 34.4 Å². The van der Waals surface area contributed by atoms with Gasteiger partial charge in [-0.25, -0.2) is 13.1 Å². The topological polar surface area (TPSA) is 71.3 Å². The van der Waals surface area contributed by atoms with Gasteiger partial charge in [0, 0.05) is 24.0 Å². The number of rotatable bonds is 5. The monoisotopic (exact) mass is 314 g/mol. The van der Waals surface area contributed by atoms with Crippen LogP contribution in [0.4, 0.5) is 0 Å². The lowest BCUT2D eigenvalue weighted by atomic mass is 10.0. The molecule has 0 aromatic carbocycles. The smallest absolute Gasteiger partial charge is 0.242 e. The van der Waals surface area contributed by atoms with E-state index in [1.54, 1.807) is 16.8 Å². The van der Waals surface area contributed by atoms with Crippen LogP contribution < -0.4 is 4.72 Å². The van der Waals surface area contributed by atoms with E-state index in [0.717, 1.165) is 0 Å². The lowest BCUT2D eigenvalue weighted by molar-refractivity contribution is 0.268. The molecule has 5 nitrogen and oxygen atoms in total. The van der Waals surface area contributed by atoms with E-state index < -0.39 is 10.0 Å². The van der Waals surface area contributed by atoms with Gasteiger partial charge in [0.1, 0.15) is 0 Å². The Balaban J connectivity index is 2.30. The van der Waals surface area contributed by atoms with Crippen LogP contribution in [0.1, 0.15) is 53.3 Å². The molecule has 0 saturated heterocycles. The van der Waals surface area contributed by atoms with Crippen molar-refractivity contribution in [3.05, 3.63) is 18.0 Å². The minimum Gasteiger partial charge on any atom is -0.390 e. The maximum Gasteiger partial charge on any atom is 0.242 e. The lowest BCUT2D eigenvalue weighted by Gasteiger charge is -2.10. The van der Waals surface area contributed by atoms with Crippen LogP contribution in [0.3, 0.4) is 0 Å². The summed E-state index contributed by atoms with van der Waals surface area (Å²) in [5.41, 5.74) is 0.501. The van der Waals surface area contributed by atoms with Crippen molar-refractivity contribution in [3.8, 4) is 0 Å². The number of aliphatic hydroxyl groups is 1. The molecule has 1 saturated carbocycles. The molecule has 0 spiro atoms. The molecule has 0 bridgehead atoms. The Bertz CT molecular complexity index is 628. The van der Waals surface area contributed by atoms with E-state index in [4.69, 9.17) is 0 Å². The summed E-state index contributed by atoms with van der Waals surface area (Å²) in [5, 5.41) is 9.37. The zero-order chi connectivity index (χ0) is 16.2. The molecule has 0 aliphatic heterocycles. The zero-order valence-corrected chi connectivity index (χ0v) is 14.5. The van der Waals surface area contributed by atoms with E-state index in [9.17, 15) is 13.5 Å². The van der Waals surface area contributed by atoms with Crippen molar-refractivity contribution >= 4 is 10.0 Å². The first-order chi connectivity index (χ1) is 9.45. The van der Waals surface area contributed by atoms with Crippen LogP contribution in [0, 0.1) is 10.8 Å². The Morgan fingerprint density at radius 1 is 1.29 bits per heavy atom. The molecule has 0 atom stereocenters. The summed E-state index contributed by atoms with van der Waals surface area (Å²) in [6.07, 6.45) is 1.60. The maximum absolute atomic E-state index is 12.6. The second-order valence-corrected chi connectivity index (χ2v) is 9.04. The summed E-state index contributed by atoms with van der Waals surface area (Å²) < 4.78 is 29.7. The number of hydrogen-bond acceptors (Lipinski definition) is 3. The number of sulfonamides is 1. The average Bonchev–Trinajstić information content (AvgIpc) is 2.75. The van der Waals surface area contributed by atoms with Gasteiger partial charge in [0.2, 0.25) is 10.0 Å². The van der Waals surface area contributed by atoms with Crippen molar-refractivity contribution in [3.63, 3.8) is 0 Å². The quantitative estimate of drug-likeness (QED) is 0.876. The SMILES string of the molecule is CC(C)n1cc(S(=O)(=O)NC2C(C)(C)C2(C)C)cc1CO. The maximum atomic E-state index is 12.6. The molecule has 0 unspecified atom stereocenters. The Morgan fingerprint density at radius 2 is 1.81 bits per heavy atom. The molecule has 1 aromatic rings. The van der Waals surface area contributed by atoms with Crippen LogP contribution in [0.15, 0.2) is 17.2 Å². The fourth-order valence-electron chi connectivity index (χ4n) is 2.97. The first kappa shape index (κ1) is 16.5. The summed E-state index contributed by atoms with van der Waals surface area (Å²) in [4.78, 5) is 0.221. The van der Waals surface area contributed by atoms with Crippen LogP contribution in [-0.2, 0) is 16.6 Å². The van der Waals surface area contributed by atoms with Crippen molar-refractivity contribution in [1.82, 2.24) is 9.29 Å². The highest BCUT2D eigenvalue weighted by molar-refractivity contribution is 7.89. The van der Waals surface area contributed by atoms with Gasteiger partial charge in [0.25, 0.3) is 0 Å². The Labute approximate surface area is 127 Å². The van der Waals surface area contributed by atoms with Gasteiger partial charge in [0.05, 0.1) is 11.5 Å². The van der Waals surface area contributed by atoms with Crippen LogP contribution in [0.2, 0.25) is 0 Å². The van der Waals surface area contributed by atoms with Crippen molar-refractivity contribution in [1.29, 1.82) is 0 Å². The molecule has 1 aliphatic rings. The normalized spacial score (nSPS) is 21.0. The third-order valence-electron chi connectivity index (χ3n) is 5.23. The third kappa shape index (κ3) is 2.53. The highest BCUT2D eigenvalue weighted by Gasteiger charge is 2.66. The van der Waals surface area contributed by atoms with Gasteiger partial charge in [-0.3, -0.25) is 0 Å². The molecule has 120 valence electrons. The van der Waals surface area contributed by atoms with Crippen molar-refractivity contribution in [2.45, 2.75) is 65.1 Å². The van der Waals surface area contributed by atoms with Gasteiger partial charge in [-0.1, -0.05) is 27.7 Å². The van der Waals surface area contributed by atoms with Gasteiger partial charge in [-0.15, -0.1) is 0 Å². The summed E-state index contributed by atoms with van der Waals surface area (Å²) in [7, 11) is -3.57. The Morgan fingerprint density at radius 3 is 2.14 bits per heavy atom. The van der Waals surface area contributed by atoms with E-state index in [1.807, 2.05) is 13.8 Å². The summed E-state index contributed by atoms with van der Waals surface area (Å²) in [6.45, 7) is 12.0. The van der Waals surface area contributed by atoms with Gasteiger partial charge in [0.15, 0.2) is 0 Å². The van der Waals surface area contributed by atoms with Crippen LogP contribution >= 0.6 is 0 Å². The lowest BCUT2D eigenvalue weighted by Crippen LogP contribution is -2.29. The minimum absolute atomic E-state index is 0.0551. The first-order valence-corrected chi connectivity index (χ1v) is 8.77. The number of nitrogens with zero attached hydrogens (tertiary/aromatic N) is 1. The van der Waals surface area contributed by atoms with E-state index in [2.05, 4.69) is 32.4 Å². The molecule has 1 heterocycles. The second kappa shape index (κ2) is 4.83. The van der Waals surface area contributed by atoms with E-state index in [0.29, 0.717) is 5.69 Å². The van der Waals surface area contributed by atoms with Crippen LogP contribution in [-0.4, -0.2) is 24.1 Å². The number of hydrogen-bond donors (Lipinski definition) is 2. The molecule has 1 aliphatic carbocycles. The van der Waals surface area contributed by atoms with Crippen molar-refractivity contribution in [2.75, 3.05) is 0 Å². The van der Waals surface area contributed by atoms with E-state index >= 15 is 0 Å². The second-order valence-electron chi connectivity index (χ2n) is 7.32. The Kier molecular flexibility index (Phi) is 3.80. The fraction of sp³-hybridized carbons (Fsp3) is 0.733. The highest BCUT2D eigenvalue weighted by atomic mass is 32.2. The predicted octanol–water partition coefficient (Wildman–Crippen LogP) is 2.27. The highest BCUT2D eigenvalue weighted by Crippen LogP contribution is 2.62. The first-order valence-electron chi connectivity index (χ1n) is 7.29. The zero-order valence-electron chi connectivity index (χ0n) is 13.6. The van der Waals surface area contributed by atoms with Crippen molar-refractivity contribution in [2.24, 2.45) is 10.8 Å². The predicted molar refractivity (Wildman–Crippen MR) is 82.4 cm³/mol. The summed E-state index contributed by atoms with van der Waals surface area (Å²) in [6, 6.07) is 1.57. The molecule has 21 heavy (non-hydrogen) atoms. The van der Waals surface area contributed by atoms with E-state index in [1.165, 1.54) is 0 Å². The molecular formula is C15H26N2O3S. The molecule has 1 fully saturated rings. The fourth-order valence-corrected chi connectivity index (χ4v) is 4.54. The van der Waals surface area contributed by atoms with Gasteiger partial charge in [-0.2, -0.15) is 0 Å². The number of aromatic nitrogens is 1. The molecular weight excluding hydrogens is 288 g/mol. The molecule has 6 heteroatoms. The third-order valence-corrected chi connectivity index (χ3v) is 6.62. The van der Waals surface area contributed by atoms with Gasteiger partial charge >= 0.3 is 0 Å². The number of aliphatic hydroxyl groups excluding tert-OH is 1. The summed E-state index contributed by atoms with van der Waals surface area (Å²) in [5.74, 6) is 0. The largest absolute Gasteiger partial charge is 0.390 e. The van der Waals surface area contributed by atoms with Gasteiger partial charge < -0.3 is 9.67 Å². The van der Waals surface area contributed by atoms with Crippen molar-refractivity contribution < 1.29 is 13.5 Å². The van der Waals surface area contributed by atoms with Gasteiger partial charge in [-0.05, 0) is 30.7 Å².